The summed E-state index contributed by atoms with van der Waals surface area (Å²) in [5.41, 5.74) is 0.468. The SMILES string of the molecule is O=C(CN1CCC[C@H]1C(=O)NC(=O)c1ccccc1)NC1C2CC3CC(C2)CC1C3. The lowest BCUT2D eigenvalue weighted by Crippen LogP contribution is -2.57. The summed E-state index contributed by atoms with van der Waals surface area (Å²) in [6.07, 6.45) is 8.03. The fraction of sp³-hybridized carbons (Fsp3) is 0.625. The Morgan fingerprint density at radius 3 is 2.27 bits per heavy atom. The standard InChI is InChI=1S/C24H31N3O3/c28-21(25-22-18-10-15-9-16(12-18)13-19(22)11-15)14-27-8-4-7-20(27)24(30)26-23(29)17-5-2-1-3-6-17/h1-3,5-6,15-16,18-20,22H,4,7-14H2,(H,25,28)(H,26,29,30)/t15?,16?,18?,19?,20-,22?/m0/s1. The number of carbonyl (C=O) groups excluding carboxylic acids is 3. The molecule has 1 aromatic carbocycles. The second-order valence-corrected chi connectivity index (χ2v) is 9.84. The van der Waals surface area contributed by atoms with Crippen molar-refractivity contribution in [3.8, 4) is 0 Å². The van der Waals surface area contributed by atoms with E-state index in [1.165, 1.54) is 32.1 Å². The molecular formula is C24H31N3O3. The molecule has 5 aliphatic rings. The van der Waals surface area contributed by atoms with E-state index < -0.39 is 6.04 Å². The van der Waals surface area contributed by atoms with Crippen molar-refractivity contribution in [2.75, 3.05) is 13.1 Å². The lowest BCUT2D eigenvalue weighted by Gasteiger charge is -2.54. The first kappa shape index (κ1) is 19.7. The van der Waals surface area contributed by atoms with Crippen LogP contribution in [-0.2, 0) is 9.59 Å². The van der Waals surface area contributed by atoms with Crippen LogP contribution in [0.25, 0.3) is 0 Å². The molecule has 0 unspecified atom stereocenters. The topological polar surface area (TPSA) is 78.5 Å². The normalized spacial score (nSPS) is 34.7. The molecule has 4 saturated carbocycles. The van der Waals surface area contributed by atoms with E-state index in [9.17, 15) is 14.4 Å². The highest BCUT2D eigenvalue weighted by atomic mass is 16.2. The number of hydrogen-bond donors (Lipinski definition) is 2. The molecular weight excluding hydrogens is 378 g/mol. The minimum Gasteiger partial charge on any atom is -0.352 e. The molecule has 1 aromatic rings. The quantitative estimate of drug-likeness (QED) is 0.732. The Labute approximate surface area is 177 Å². The Hall–Kier alpha value is -2.21. The van der Waals surface area contributed by atoms with E-state index in [0.717, 1.165) is 18.3 Å². The van der Waals surface area contributed by atoms with E-state index in [-0.39, 0.29) is 24.3 Å². The van der Waals surface area contributed by atoms with Crippen molar-refractivity contribution >= 4 is 17.7 Å². The van der Waals surface area contributed by atoms with Gasteiger partial charge in [-0.2, -0.15) is 0 Å². The average Bonchev–Trinajstić information content (AvgIpc) is 3.19. The van der Waals surface area contributed by atoms with E-state index in [4.69, 9.17) is 0 Å². The molecule has 6 nitrogen and oxygen atoms in total. The Bertz CT molecular complexity index is 796. The summed E-state index contributed by atoms with van der Waals surface area (Å²) < 4.78 is 0. The van der Waals surface area contributed by atoms with Crippen LogP contribution in [-0.4, -0.2) is 47.8 Å². The van der Waals surface area contributed by atoms with Gasteiger partial charge in [-0.3, -0.25) is 24.6 Å². The highest BCUT2D eigenvalue weighted by Gasteiger charge is 2.48. The minimum atomic E-state index is -0.415. The van der Waals surface area contributed by atoms with E-state index in [2.05, 4.69) is 10.6 Å². The monoisotopic (exact) mass is 409 g/mol. The fourth-order valence-electron chi connectivity index (χ4n) is 6.75. The predicted octanol–water partition coefficient (Wildman–Crippen LogP) is 2.35. The van der Waals surface area contributed by atoms with Crippen molar-refractivity contribution < 1.29 is 14.4 Å². The van der Waals surface area contributed by atoms with Gasteiger partial charge in [0.2, 0.25) is 11.8 Å². The molecule has 5 fully saturated rings. The fourth-order valence-corrected chi connectivity index (χ4v) is 6.75. The molecule has 1 saturated heterocycles. The van der Waals surface area contributed by atoms with Crippen LogP contribution < -0.4 is 10.6 Å². The van der Waals surface area contributed by atoms with Gasteiger partial charge in [0.15, 0.2) is 0 Å². The van der Waals surface area contributed by atoms with Gasteiger partial charge in [-0.05, 0) is 87.3 Å². The first-order valence-corrected chi connectivity index (χ1v) is 11.5. The van der Waals surface area contributed by atoms with E-state index >= 15 is 0 Å². The molecule has 0 radical (unpaired) electrons. The average molecular weight is 410 g/mol. The van der Waals surface area contributed by atoms with E-state index in [1.807, 2.05) is 11.0 Å². The Morgan fingerprint density at radius 1 is 0.933 bits per heavy atom. The smallest absolute Gasteiger partial charge is 0.257 e. The van der Waals surface area contributed by atoms with Crippen molar-refractivity contribution in [3.05, 3.63) is 35.9 Å². The first-order chi connectivity index (χ1) is 14.6. The van der Waals surface area contributed by atoms with Crippen molar-refractivity contribution in [2.24, 2.45) is 23.7 Å². The van der Waals surface area contributed by atoms with Crippen LogP contribution in [0.15, 0.2) is 30.3 Å². The summed E-state index contributed by atoms with van der Waals surface area (Å²) in [6.45, 7) is 0.952. The van der Waals surface area contributed by atoms with Gasteiger partial charge in [0.05, 0.1) is 12.6 Å². The Balaban J connectivity index is 1.16. The lowest BCUT2D eigenvalue weighted by atomic mass is 9.54. The molecule has 3 amide bonds. The van der Waals surface area contributed by atoms with Gasteiger partial charge in [0, 0.05) is 11.6 Å². The number of likely N-dealkylation sites (tertiary alicyclic amines) is 1. The highest BCUT2D eigenvalue weighted by Crippen LogP contribution is 2.53. The minimum absolute atomic E-state index is 0.0292. The van der Waals surface area contributed by atoms with Gasteiger partial charge in [-0.15, -0.1) is 0 Å². The summed E-state index contributed by atoms with van der Waals surface area (Å²) in [4.78, 5) is 39.8. The zero-order chi connectivity index (χ0) is 20.7. The molecule has 1 heterocycles. The van der Waals surface area contributed by atoms with Gasteiger partial charge in [-0.25, -0.2) is 0 Å². The van der Waals surface area contributed by atoms with Crippen LogP contribution in [0.5, 0.6) is 0 Å². The summed E-state index contributed by atoms with van der Waals surface area (Å²) in [5.74, 6) is 2.40. The largest absolute Gasteiger partial charge is 0.352 e. The molecule has 30 heavy (non-hydrogen) atoms. The van der Waals surface area contributed by atoms with Gasteiger partial charge in [0.25, 0.3) is 5.91 Å². The molecule has 4 bridgehead atoms. The third-order valence-corrected chi connectivity index (χ3v) is 7.84. The Morgan fingerprint density at radius 2 is 1.60 bits per heavy atom. The van der Waals surface area contributed by atoms with Gasteiger partial charge in [0.1, 0.15) is 0 Å². The number of nitrogens with one attached hydrogen (secondary N) is 2. The van der Waals surface area contributed by atoms with Gasteiger partial charge < -0.3 is 5.32 Å². The molecule has 6 heteroatoms. The second kappa shape index (κ2) is 8.14. The van der Waals surface area contributed by atoms with Crippen LogP contribution in [0, 0.1) is 23.7 Å². The molecule has 1 atom stereocenters. The molecule has 4 aliphatic carbocycles. The van der Waals surface area contributed by atoms with Gasteiger partial charge >= 0.3 is 0 Å². The van der Waals surface area contributed by atoms with Crippen LogP contribution >= 0.6 is 0 Å². The number of carbonyl (C=O) groups is 3. The van der Waals surface area contributed by atoms with Crippen LogP contribution in [0.2, 0.25) is 0 Å². The number of amides is 3. The molecule has 0 spiro atoms. The summed E-state index contributed by atoms with van der Waals surface area (Å²) in [7, 11) is 0. The number of benzene rings is 1. The molecule has 160 valence electrons. The van der Waals surface area contributed by atoms with Crippen LogP contribution in [0.1, 0.15) is 55.3 Å². The predicted molar refractivity (Wildman–Crippen MR) is 112 cm³/mol. The summed E-state index contributed by atoms with van der Waals surface area (Å²) in [5, 5.41) is 5.85. The second-order valence-electron chi connectivity index (χ2n) is 9.84. The number of nitrogens with zero attached hydrogens (tertiary/aromatic N) is 1. The maximum atomic E-state index is 12.9. The van der Waals surface area contributed by atoms with Crippen molar-refractivity contribution in [1.82, 2.24) is 15.5 Å². The van der Waals surface area contributed by atoms with E-state index in [0.29, 0.717) is 36.4 Å². The van der Waals surface area contributed by atoms with Gasteiger partial charge in [-0.1, -0.05) is 18.2 Å². The maximum absolute atomic E-state index is 12.9. The summed E-state index contributed by atoms with van der Waals surface area (Å²) >= 11 is 0. The lowest BCUT2D eigenvalue weighted by molar-refractivity contribution is -0.129. The van der Waals surface area contributed by atoms with Crippen molar-refractivity contribution in [3.63, 3.8) is 0 Å². The number of hydrogen-bond acceptors (Lipinski definition) is 4. The highest BCUT2D eigenvalue weighted by molar-refractivity contribution is 6.06. The van der Waals surface area contributed by atoms with E-state index in [1.54, 1.807) is 24.3 Å². The number of rotatable bonds is 5. The third-order valence-electron chi connectivity index (χ3n) is 7.84. The Kier molecular flexibility index (Phi) is 5.35. The third kappa shape index (κ3) is 3.89. The molecule has 1 aliphatic heterocycles. The summed E-state index contributed by atoms with van der Waals surface area (Å²) in [6, 6.07) is 8.66. The molecule has 2 N–H and O–H groups in total. The van der Waals surface area contributed by atoms with Crippen LogP contribution in [0.3, 0.4) is 0 Å². The van der Waals surface area contributed by atoms with Crippen molar-refractivity contribution in [2.45, 2.75) is 57.0 Å². The molecule has 6 rings (SSSR count). The zero-order valence-electron chi connectivity index (χ0n) is 17.4. The first-order valence-electron chi connectivity index (χ1n) is 11.5. The van der Waals surface area contributed by atoms with Crippen LogP contribution in [0.4, 0.5) is 0 Å². The zero-order valence-corrected chi connectivity index (χ0v) is 17.4. The van der Waals surface area contributed by atoms with Crippen molar-refractivity contribution in [1.29, 1.82) is 0 Å². The molecule has 0 aromatic heterocycles. The maximum Gasteiger partial charge on any atom is 0.257 e. The number of imide groups is 1.